The van der Waals surface area contributed by atoms with E-state index in [1.54, 1.807) is 7.11 Å². The molecule has 4 nitrogen and oxygen atoms in total. The maximum Gasteiger partial charge on any atom is 0.284 e. The first kappa shape index (κ1) is 14.7. The number of rotatable bonds is 3. The van der Waals surface area contributed by atoms with Crippen molar-refractivity contribution in [2.24, 2.45) is 0 Å². The van der Waals surface area contributed by atoms with Crippen molar-refractivity contribution in [2.75, 3.05) is 12.0 Å². The van der Waals surface area contributed by atoms with Crippen LogP contribution in [0.25, 0.3) is 0 Å². The Hall–Kier alpha value is -2.85. The molecule has 2 heterocycles. The smallest absolute Gasteiger partial charge is 0.284 e. The molecule has 0 amide bonds. The normalized spacial score (nSPS) is 19.2. The molecular weight excluding hydrogens is 300 g/mol. The molecular formula is C20H19N2O2+. The third-order valence-electron chi connectivity index (χ3n) is 4.47. The first-order valence-corrected chi connectivity index (χ1v) is 7.93. The van der Waals surface area contributed by atoms with Gasteiger partial charge in [-0.3, -0.25) is 0 Å². The molecule has 120 valence electrons. The Morgan fingerprint density at radius 2 is 1.67 bits per heavy atom. The van der Waals surface area contributed by atoms with E-state index < -0.39 is 5.72 Å². The lowest BCUT2D eigenvalue weighted by Crippen LogP contribution is -2.43. The minimum Gasteiger partial charge on any atom is -0.497 e. The molecule has 0 bridgehead atoms. The van der Waals surface area contributed by atoms with Crippen LogP contribution in [0.3, 0.4) is 0 Å². The van der Waals surface area contributed by atoms with E-state index >= 15 is 0 Å². The number of ether oxygens (including phenoxy) is 1. The van der Waals surface area contributed by atoms with Crippen LogP contribution in [-0.4, -0.2) is 12.2 Å². The lowest BCUT2D eigenvalue weighted by molar-refractivity contribution is -0.683. The van der Waals surface area contributed by atoms with Gasteiger partial charge in [0.1, 0.15) is 11.4 Å². The van der Waals surface area contributed by atoms with E-state index in [1.807, 2.05) is 83.9 Å². The van der Waals surface area contributed by atoms with Crippen molar-refractivity contribution in [1.29, 1.82) is 0 Å². The van der Waals surface area contributed by atoms with Gasteiger partial charge in [-0.05, 0) is 42.5 Å². The topological polar surface area (TPSA) is 36.6 Å². The summed E-state index contributed by atoms with van der Waals surface area (Å²) in [5.41, 5.74) is 0.631. The van der Waals surface area contributed by atoms with Crippen LogP contribution in [0.4, 0.5) is 11.5 Å². The van der Waals surface area contributed by atoms with Crippen LogP contribution in [-0.2, 0) is 12.3 Å². The van der Waals surface area contributed by atoms with Crippen LogP contribution < -0.4 is 14.2 Å². The molecule has 4 heteroatoms. The maximum atomic E-state index is 11.6. The second-order valence-corrected chi connectivity index (χ2v) is 5.90. The van der Waals surface area contributed by atoms with E-state index in [4.69, 9.17) is 4.74 Å². The molecule has 0 fully saturated rings. The number of pyridine rings is 1. The number of hydrogen-bond donors (Lipinski definition) is 1. The Morgan fingerprint density at radius 3 is 2.38 bits per heavy atom. The van der Waals surface area contributed by atoms with E-state index in [0.717, 1.165) is 22.8 Å². The number of hydrogen-bond acceptors (Lipinski definition) is 3. The Labute approximate surface area is 141 Å². The second kappa shape index (κ2) is 5.65. The highest BCUT2D eigenvalue weighted by atomic mass is 16.5. The molecule has 0 spiro atoms. The van der Waals surface area contributed by atoms with Crippen LogP contribution >= 0.6 is 0 Å². The highest BCUT2D eigenvalue weighted by molar-refractivity contribution is 5.62. The minimum atomic E-state index is -1.15. The number of methoxy groups -OCH3 is 1. The third kappa shape index (κ3) is 2.23. The number of fused-ring (bicyclic) bond motifs is 1. The molecule has 1 aliphatic heterocycles. The first-order valence-electron chi connectivity index (χ1n) is 7.93. The third-order valence-corrected chi connectivity index (χ3v) is 4.47. The van der Waals surface area contributed by atoms with Gasteiger partial charge in [0.15, 0.2) is 6.54 Å². The van der Waals surface area contributed by atoms with Crippen molar-refractivity contribution in [3.8, 4) is 5.75 Å². The van der Waals surface area contributed by atoms with Gasteiger partial charge in [0, 0.05) is 11.6 Å². The Kier molecular flexibility index (Phi) is 3.47. The molecule has 0 aliphatic carbocycles. The largest absolute Gasteiger partial charge is 0.497 e. The van der Waals surface area contributed by atoms with Gasteiger partial charge in [-0.2, -0.15) is 4.90 Å². The molecule has 1 aliphatic rings. The summed E-state index contributed by atoms with van der Waals surface area (Å²) < 4.78 is 7.30. The second-order valence-electron chi connectivity index (χ2n) is 5.90. The number of para-hydroxylation sites is 1. The zero-order valence-electron chi connectivity index (χ0n) is 13.5. The number of aliphatic hydroxyl groups is 1. The lowest BCUT2D eigenvalue weighted by atomic mass is 10.0. The van der Waals surface area contributed by atoms with Gasteiger partial charge >= 0.3 is 0 Å². The SMILES string of the molecule is COc1ccc([C@]2(O)C[n+]3ccccc3N2c2ccccc2)cc1. The Morgan fingerprint density at radius 1 is 0.958 bits per heavy atom. The summed E-state index contributed by atoms with van der Waals surface area (Å²) in [5, 5.41) is 11.6. The summed E-state index contributed by atoms with van der Waals surface area (Å²) in [6, 6.07) is 23.5. The number of anilines is 2. The maximum absolute atomic E-state index is 11.6. The van der Waals surface area contributed by atoms with Gasteiger partial charge in [0.25, 0.3) is 11.5 Å². The summed E-state index contributed by atoms with van der Waals surface area (Å²) in [4.78, 5) is 1.98. The van der Waals surface area contributed by atoms with E-state index in [-0.39, 0.29) is 0 Å². The molecule has 1 aromatic heterocycles. The molecule has 0 radical (unpaired) electrons. The van der Waals surface area contributed by atoms with Crippen molar-refractivity contribution < 1.29 is 14.4 Å². The number of benzene rings is 2. The molecule has 4 rings (SSSR count). The fourth-order valence-corrected chi connectivity index (χ4v) is 3.30. The average Bonchev–Trinajstić information content (AvgIpc) is 2.95. The molecule has 3 aromatic rings. The number of nitrogens with zero attached hydrogens (tertiary/aromatic N) is 2. The van der Waals surface area contributed by atoms with Crippen molar-refractivity contribution in [3.05, 3.63) is 84.6 Å². The van der Waals surface area contributed by atoms with E-state index in [1.165, 1.54) is 0 Å². The zero-order valence-corrected chi connectivity index (χ0v) is 13.5. The minimum absolute atomic E-state index is 0.463. The molecule has 1 N–H and O–H groups in total. The molecule has 0 saturated carbocycles. The predicted molar refractivity (Wildman–Crippen MR) is 92.1 cm³/mol. The van der Waals surface area contributed by atoms with Gasteiger partial charge in [0.2, 0.25) is 0 Å². The van der Waals surface area contributed by atoms with Crippen LogP contribution in [0.15, 0.2) is 79.0 Å². The average molecular weight is 319 g/mol. The van der Waals surface area contributed by atoms with Crippen molar-refractivity contribution >= 4 is 11.5 Å². The van der Waals surface area contributed by atoms with Crippen molar-refractivity contribution in [1.82, 2.24) is 0 Å². The standard InChI is InChI=1S/C20H19N2O2/c1-24-18-12-10-16(11-13-18)20(23)15-21-14-6-5-9-19(21)22(20)17-7-3-2-4-8-17/h2-14,23H,15H2,1H3/q+1/t20-/m1/s1. The summed E-state index contributed by atoms with van der Waals surface area (Å²) in [7, 11) is 1.64. The molecule has 24 heavy (non-hydrogen) atoms. The van der Waals surface area contributed by atoms with Crippen LogP contribution in [0.2, 0.25) is 0 Å². The zero-order chi connectivity index (χ0) is 16.6. The predicted octanol–water partition coefficient (Wildman–Crippen LogP) is 2.98. The lowest BCUT2D eigenvalue weighted by Gasteiger charge is -2.27. The Balaban J connectivity index is 1.87. The highest BCUT2D eigenvalue weighted by Gasteiger charge is 2.52. The van der Waals surface area contributed by atoms with E-state index in [0.29, 0.717) is 6.54 Å². The van der Waals surface area contributed by atoms with Crippen molar-refractivity contribution in [2.45, 2.75) is 12.3 Å². The monoisotopic (exact) mass is 319 g/mol. The van der Waals surface area contributed by atoms with Gasteiger partial charge in [-0.1, -0.05) is 24.3 Å². The van der Waals surface area contributed by atoms with Gasteiger partial charge in [0.05, 0.1) is 13.3 Å². The molecule has 1 atom stereocenters. The van der Waals surface area contributed by atoms with Crippen LogP contribution in [0.5, 0.6) is 5.75 Å². The Bertz CT molecular complexity index is 849. The fourth-order valence-electron chi connectivity index (χ4n) is 3.30. The van der Waals surface area contributed by atoms with Gasteiger partial charge in [-0.15, -0.1) is 0 Å². The molecule has 2 aromatic carbocycles. The summed E-state index contributed by atoms with van der Waals surface area (Å²) >= 11 is 0. The van der Waals surface area contributed by atoms with Crippen LogP contribution in [0, 0.1) is 0 Å². The summed E-state index contributed by atoms with van der Waals surface area (Å²) in [6.07, 6.45) is 1.99. The quantitative estimate of drug-likeness (QED) is 0.754. The van der Waals surface area contributed by atoms with Gasteiger partial charge < -0.3 is 9.84 Å². The number of aromatic nitrogens is 1. The highest BCUT2D eigenvalue weighted by Crippen LogP contribution is 2.41. The van der Waals surface area contributed by atoms with Gasteiger partial charge in [-0.25, -0.2) is 4.57 Å². The summed E-state index contributed by atoms with van der Waals surface area (Å²) in [5.74, 6) is 1.73. The van der Waals surface area contributed by atoms with Crippen molar-refractivity contribution in [3.63, 3.8) is 0 Å². The van der Waals surface area contributed by atoms with E-state index in [9.17, 15) is 5.11 Å². The summed E-state index contributed by atoms with van der Waals surface area (Å²) in [6.45, 7) is 0.463. The molecule has 0 saturated heterocycles. The first-order chi connectivity index (χ1) is 11.7. The molecule has 0 unspecified atom stereocenters. The van der Waals surface area contributed by atoms with Crippen LogP contribution in [0.1, 0.15) is 5.56 Å². The van der Waals surface area contributed by atoms with E-state index in [2.05, 4.69) is 4.57 Å². The fraction of sp³-hybridized carbons (Fsp3) is 0.150.